The molecule has 4 heteroatoms. The summed E-state index contributed by atoms with van der Waals surface area (Å²) in [7, 11) is 0. The fraction of sp³-hybridized carbons (Fsp3) is 0.231. The number of hydrogen-bond acceptors (Lipinski definition) is 4. The molecule has 2 aromatic rings. The van der Waals surface area contributed by atoms with Gasteiger partial charge in [-0.2, -0.15) is 0 Å². The molecule has 0 bridgehead atoms. The Morgan fingerprint density at radius 2 is 1.76 bits per heavy atom. The van der Waals surface area contributed by atoms with E-state index in [0.717, 1.165) is 30.0 Å². The maximum absolute atomic E-state index is 5.40. The molecule has 0 amide bonds. The van der Waals surface area contributed by atoms with E-state index in [0.29, 0.717) is 6.54 Å². The van der Waals surface area contributed by atoms with Gasteiger partial charge in [0.2, 0.25) is 0 Å². The third-order valence-corrected chi connectivity index (χ3v) is 2.39. The molecule has 0 radical (unpaired) electrons. The number of nitrogens with two attached hydrogens (primary N) is 1. The molecule has 0 aliphatic heterocycles. The Kier molecular flexibility index (Phi) is 4.18. The van der Waals surface area contributed by atoms with Crippen LogP contribution in [0.15, 0.2) is 42.7 Å². The fourth-order valence-electron chi connectivity index (χ4n) is 1.52. The van der Waals surface area contributed by atoms with Crippen LogP contribution in [0.25, 0.3) is 11.4 Å². The quantitative estimate of drug-likeness (QED) is 0.755. The van der Waals surface area contributed by atoms with Crippen molar-refractivity contribution in [2.45, 2.75) is 6.54 Å². The van der Waals surface area contributed by atoms with Crippen LogP contribution in [0.4, 0.5) is 0 Å². The summed E-state index contributed by atoms with van der Waals surface area (Å²) >= 11 is 0. The summed E-state index contributed by atoms with van der Waals surface area (Å²) in [4.78, 5) is 8.69. The van der Waals surface area contributed by atoms with Gasteiger partial charge in [-0.15, -0.1) is 0 Å². The van der Waals surface area contributed by atoms with Crippen LogP contribution in [0.5, 0.6) is 0 Å². The molecular weight excluding hydrogens is 212 g/mol. The van der Waals surface area contributed by atoms with E-state index in [1.165, 1.54) is 0 Å². The Labute approximate surface area is 101 Å². The van der Waals surface area contributed by atoms with Crippen LogP contribution in [0.1, 0.15) is 5.56 Å². The number of nitrogens with one attached hydrogen (secondary N) is 1. The van der Waals surface area contributed by atoms with Crippen molar-refractivity contribution >= 4 is 0 Å². The predicted octanol–water partition coefficient (Wildman–Crippen LogP) is 1.19. The molecule has 2 rings (SSSR count). The molecule has 1 heterocycles. The van der Waals surface area contributed by atoms with Gasteiger partial charge in [-0.1, -0.05) is 30.3 Å². The van der Waals surface area contributed by atoms with Crippen molar-refractivity contribution in [1.29, 1.82) is 0 Å². The standard InChI is InChI=1S/C13H16N4/c14-6-7-15-8-11-9-16-13(17-10-11)12-4-2-1-3-5-12/h1-5,9-10,15H,6-8,14H2. The molecule has 17 heavy (non-hydrogen) atoms. The Morgan fingerprint density at radius 3 is 2.41 bits per heavy atom. The van der Waals surface area contributed by atoms with Crippen molar-refractivity contribution < 1.29 is 0 Å². The van der Waals surface area contributed by atoms with Crippen molar-refractivity contribution in [3.63, 3.8) is 0 Å². The van der Waals surface area contributed by atoms with Gasteiger partial charge in [0.25, 0.3) is 0 Å². The normalized spacial score (nSPS) is 10.4. The first-order valence-corrected chi connectivity index (χ1v) is 5.67. The Hall–Kier alpha value is -1.78. The molecule has 1 aromatic heterocycles. The average molecular weight is 228 g/mol. The van der Waals surface area contributed by atoms with Crippen molar-refractivity contribution in [3.8, 4) is 11.4 Å². The lowest BCUT2D eigenvalue weighted by molar-refractivity contribution is 0.691. The average Bonchev–Trinajstić information content (AvgIpc) is 2.41. The van der Waals surface area contributed by atoms with E-state index in [9.17, 15) is 0 Å². The highest BCUT2D eigenvalue weighted by Crippen LogP contribution is 2.12. The van der Waals surface area contributed by atoms with Gasteiger partial charge in [0.1, 0.15) is 0 Å². The second kappa shape index (κ2) is 6.08. The van der Waals surface area contributed by atoms with Crippen LogP contribution < -0.4 is 11.1 Å². The van der Waals surface area contributed by atoms with Crippen LogP contribution in [0.3, 0.4) is 0 Å². The molecule has 0 unspecified atom stereocenters. The first kappa shape index (κ1) is 11.7. The SMILES string of the molecule is NCCNCc1cnc(-c2ccccc2)nc1. The molecule has 4 nitrogen and oxygen atoms in total. The highest BCUT2D eigenvalue weighted by atomic mass is 14.9. The molecule has 0 aliphatic rings. The minimum atomic E-state index is 0.642. The zero-order chi connectivity index (χ0) is 11.9. The lowest BCUT2D eigenvalue weighted by atomic mass is 10.2. The van der Waals surface area contributed by atoms with Crippen molar-refractivity contribution in [3.05, 3.63) is 48.3 Å². The molecule has 0 saturated carbocycles. The number of aromatic nitrogens is 2. The smallest absolute Gasteiger partial charge is 0.159 e. The van der Waals surface area contributed by atoms with E-state index in [1.807, 2.05) is 42.7 Å². The molecule has 88 valence electrons. The van der Waals surface area contributed by atoms with E-state index in [2.05, 4.69) is 15.3 Å². The fourth-order valence-corrected chi connectivity index (χ4v) is 1.52. The highest BCUT2D eigenvalue weighted by Gasteiger charge is 1.99. The van der Waals surface area contributed by atoms with E-state index in [1.54, 1.807) is 0 Å². The minimum Gasteiger partial charge on any atom is -0.329 e. The monoisotopic (exact) mass is 228 g/mol. The molecule has 0 fully saturated rings. The van der Waals surface area contributed by atoms with Gasteiger partial charge in [0.15, 0.2) is 5.82 Å². The van der Waals surface area contributed by atoms with Crippen LogP contribution >= 0.6 is 0 Å². The summed E-state index contributed by atoms with van der Waals surface area (Å²) in [6, 6.07) is 9.95. The number of nitrogens with zero attached hydrogens (tertiary/aromatic N) is 2. The lowest BCUT2D eigenvalue weighted by Crippen LogP contribution is -2.22. The van der Waals surface area contributed by atoms with Gasteiger partial charge in [0, 0.05) is 43.2 Å². The third-order valence-electron chi connectivity index (χ3n) is 2.39. The maximum Gasteiger partial charge on any atom is 0.159 e. The molecule has 0 aliphatic carbocycles. The summed E-state index contributed by atoms with van der Waals surface area (Å²) in [6.07, 6.45) is 3.69. The summed E-state index contributed by atoms with van der Waals surface area (Å²) in [5.74, 6) is 0.758. The van der Waals surface area contributed by atoms with Gasteiger partial charge in [-0.05, 0) is 0 Å². The third kappa shape index (κ3) is 3.34. The Bertz CT molecular complexity index is 439. The second-order valence-corrected chi connectivity index (χ2v) is 3.75. The molecule has 0 atom stereocenters. The van der Waals surface area contributed by atoms with Crippen LogP contribution in [0, 0.1) is 0 Å². The number of benzene rings is 1. The van der Waals surface area contributed by atoms with Gasteiger partial charge in [-0.3, -0.25) is 0 Å². The lowest BCUT2D eigenvalue weighted by Gasteiger charge is -2.03. The Morgan fingerprint density at radius 1 is 1.06 bits per heavy atom. The zero-order valence-electron chi connectivity index (χ0n) is 9.63. The van der Waals surface area contributed by atoms with Gasteiger partial charge < -0.3 is 11.1 Å². The minimum absolute atomic E-state index is 0.642. The van der Waals surface area contributed by atoms with Gasteiger partial charge in [-0.25, -0.2) is 9.97 Å². The van der Waals surface area contributed by atoms with Gasteiger partial charge in [0.05, 0.1) is 0 Å². The molecular formula is C13H16N4. The number of rotatable bonds is 5. The summed E-state index contributed by atoms with van der Waals surface area (Å²) in [5, 5.41) is 3.21. The number of hydrogen-bond donors (Lipinski definition) is 2. The van der Waals surface area contributed by atoms with Crippen molar-refractivity contribution in [1.82, 2.24) is 15.3 Å². The zero-order valence-corrected chi connectivity index (χ0v) is 9.63. The summed E-state index contributed by atoms with van der Waals surface area (Å²) < 4.78 is 0. The van der Waals surface area contributed by atoms with E-state index in [-0.39, 0.29) is 0 Å². The topological polar surface area (TPSA) is 63.8 Å². The Balaban J connectivity index is 2.03. The van der Waals surface area contributed by atoms with E-state index < -0.39 is 0 Å². The van der Waals surface area contributed by atoms with E-state index >= 15 is 0 Å². The highest BCUT2D eigenvalue weighted by molar-refractivity contribution is 5.53. The van der Waals surface area contributed by atoms with Crippen LogP contribution in [-0.2, 0) is 6.54 Å². The maximum atomic E-state index is 5.40. The van der Waals surface area contributed by atoms with Crippen molar-refractivity contribution in [2.75, 3.05) is 13.1 Å². The first-order valence-electron chi connectivity index (χ1n) is 5.67. The second-order valence-electron chi connectivity index (χ2n) is 3.75. The first-order chi connectivity index (χ1) is 8.40. The summed E-state index contributed by atoms with van der Waals surface area (Å²) in [6.45, 7) is 2.20. The van der Waals surface area contributed by atoms with Crippen LogP contribution in [-0.4, -0.2) is 23.1 Å². The van der Waals surface area contributed by atoms with E-state index in [4.69, 9.17) is 5.73 Å². The molecule has 0 spiro atoms. The molecule has 1 aromatic carbocycles. The summed E-state index contributed by atoms with van der Waals surface area (Å²) in [5.41, 5.74) is 7.50. The largest absolute Gasteiger partial charge is 0.329 e. The van der Waals surface area contributed by atoms with Crippen molar-refractivity contribution in [2.24, 2.45) is 5.73 Å². The predicted molar refractivity (Wildman–Crippen MR) is 68.2 cm³/mol. The van der Waals surface area contributed by atoms with Gasteiger partial charge >= 0.3 is 0 Å². The molecule has 0 saturated heterocycles. The van der Waals surface area contributed by atoms with Crippen LogP contribution in [0.2, 0.25) is 0 Å². The molecule has 3 N–H and O–H groups in total.